The molecule has 0 aromatic carbocycles. The number of hydrogen-bond acceptors (Lipinski definition) is 3. The first-order valence-electron chi connectivity index (χ1n) is 5.66. The van der Waals surface area contributed by atoms with Gasteiger partial charge in [0, 0.05) is 32.2 Å². The first kappa shape index (κ1) is 10.7. The van der Waals surface area contributed by atoms with E-state index in [0.717, 1.165) is 12.8 Å². The minimum Gasteiger partial charge on any atom is -0.378 e. The third-order valence-corrected chi connectivity index (χ3v) is 2.88. The van der Waals surface area contributed by atoms with Crippen molar-refractivity contribution < 1.29 is 9.53 Å². The highest BCUT2D eigenvalue weighted by atomic mass is 16.5. The standard InChI is InChI=1S/C10H19N3O2/c11-3-4-13(9-1-2-9)10(14)12-5-7-15-8-6-12/h9H,1-8,11H2. The van der Waals surface area contributed by atoms with Crippen LogP contribution in [0.25, 0.3) is 0 Å². The van der Waals surface area contributed by atoms with Crippen LogP contribution in [0.4, 0.5) is 4.79 Å². The number of morpholine rings is 1. The second kappa shape index (κ2) is 4.81. The van der Waals surface area contributed by atoms with Crippen molar-refractivity contribution in [2.24, 2.45) is 5.73 Å². The first-order valence-corrected chi connectivity index (χ1v) is 5.66. The second-order valence-corrected chi connectivity index (χ2v) is 4.10. The van der Waals surface area contributed by atoms with Crippen molar-refractivity contribution in [1.29, 1.82) is 0 Å². The van der Waals surface area contributed by atoms with Crippen LogP contribution < -0.4 is 5.73 Å². The zero-order valence-corrected chi connectivity index (χ0v) is 9.02. The Balaban J connectivity index is 1.90. The maximum atomic E-state index is 12.1. The summed E-state index contributed by atoms with van der Waals surface area (Å²) >= 11 is 0. The molecule has 86 valence electrons. The highest BCUT2D eigenvalue weighted by molar-refractivity contribution is 5.75. The van der Waals surface area contributed by atoms with Gasteiger partial charge in [0.1, 0.15) is 0 Å². The molecular formula is C10H19N3O2. The van der Waals surface area contributed by atoms with E-state index in [1.165, 1.54) is 0 Å². The second-order valence-electron chi connectivity index (χ2n) is 4.10. The van der Waals surface area contributed by atoms with Gasteiger partial charge >= 0.3 is 6.03 Å². The lowest BCUT2D eigenvalue weighted by Crippen LogP contribution is -2.50. The predicted molar refractivity (Wildman–Crippen MR) is 56.6 cm³/mol. The molecule has 1 aliphatic carbocycles. The van der Waals surface area contributed by atoms with E-state index in [1.54, 1.807) is 0 Å². The molecule has 0 aromatic heterocycles. The molecule has 2 amide bonds. The molecule has 5 heteroatoms. The lowest BCUT2D eigenvalue weighted by atomic mass is 10.4. The monoisotopic (exact) mass is 213 g/mol. The molecule has 0 bridgehead atoms. The topological polar surface area (TPSA) is 58.8 Å². The number of urea groups is 1. The molecule has 2 N–H and O–H groups in total. The minimum absolute atomic E-state index is 0.145. The predicted octanol–water partition coefficient (Wildman–Crippen LogP) is -0.138. The van der Waals surface area contributed by atoms with Gasteiger partial charge in [-0.1, -0.05) is 0 Å². The van der Waals surface area contributed by atoms with Crippen LogP contribution in [0.15, 0.2) is 0 Å². The van der Waals surface area contributed by atoms with Gasteiger partial charge in [0.05, 0.1) is 13.2 Å². The highest BCUT2D eigenvalue weighted by Gasteiger charge is 2.34. The number of hydrogen-bond donors (Lipinski definition) is 1. The van der Waals surface area contributed by atoms with E-state index in [2.05, 4.69) is 0 Å². The quantitative estimate of drug-likeness (QED) is 0.710. The van der Waals surface area contributed by atoms with Crippen molar-refractivity contribution in [3.8, 4) is 0 Å². The molecule has 1 saturated carbocycles. The average molecular weight is 213 g/mol. The van der Waals surface area contributed by atoms with Crippen LogP contribution in [0.1, 0.15) is 12.8 Å². The van der Waals surface area contributed by atoms with Crippen molar-refractivity contribution >= 4 is 6.03 Å². The molecule has 0 radical (unpaired) electrons. The summed E-state index contributed by atoms with van der Waals surface area (Å²) < 4.78 is 5.23. The Labute approximate surface area is 90.1 Å². The molecule has 1 saturated heterocycles. The Morgan fingerprint density at radius 2 is 2.07 bits per heavy atom. The van der Waals surface area contributed by atoms with E-state index in [4.69, 9.17) is 10.5 Å². The van der Waals surface area contributed by atoms with Crippen LogP contribution >= 0.6 is 0 Å². The molecule has 0 aromatic rings. The first-order chi connectivity index (χ1) is 7.33. The number of carbonyl (C=O) groups excluding carboxylic acids is 1. The summed E-state index contributed by atoms with van der Waals surface area (Å²) in [5.41, 5.74) is 5.53. The van der Waals surface area contributed by atoms with Gasteiger partial charge in [-0.05, 0) is 12.8 Å². The summed E-state index contributed by atoms with van der Waals surface area (Å²) in [6.45, 7) is 3.98. The normalized spacial score (nSPS) is 21.5. The number of nitrogens with zero attached hydrogens (tertiary/aromatic N) is 2. The van der Waals surface area contributed by atoms with Crippen molar-refractivity contribution in [2.45, 2.75) is 18.9 Å². The lowest BCUT2D eigenvalue weighted by molar-refractivity contribution is 0.0428. The van der Waals surface area contributed by atoms with E-state index in [0.29, 0.717) is 45.4 Å². The average Bonchev–Trinajstić information content (AvgIpc) is 3.10. The fourth-order valence-electron chi connectivity index (χ4n) is 1.90. The maximum Gasteiger partial charge on any atom is 0.320 e. The maximum absolute atomic E-state index is 12.1. The molecule has 15 heavy (non-hydrogen) atoms. The van der Waals surface area contributed by atoms with Crippen LogP contribution in [0.3, 0.4) is 0 Å². The largest absolute Gasteiger partial charge is 0.378 e. The van der Waals surface area contributed by atoms with E-state index < -0.39 is 0 Å². The molecule has 2 fully saturated rings. The molecule has 2 aliphatic rings. The van der Waals surface area contributed by atoms with Crippen LogP contribution in [-0.4, -0.2) is 61.3 Å². The molecule has 2 rings (SSSR count). The smallest absolute Gasteiger partial charge is 0.320 e. The number of carbonyl (C=O) groups is 1. The van der Waals surface area contributed by atoms with Crippen molar-refractivity contribution in [3.05, 3.63) is 0 Å². The van der Waals surface area contributed by atoms with Crippen LogP contribution in [0, 0.1) is 0 Å². The summed E-state index contributed by atoms with van der Waals surface area (Å²) in [6.07, 6.45) is 2.27. The molecule has 1 heterocycles. The van der Waals surface area contributed by atoms with E-state index in [1.807, 2.05) is 9.80 Å². The van der Waals surface area contributed by atoms with Gasteiger partial charge in [-0.3, -0.25) is 0 Å². The van der Waals surface area contributed by atoms with E-state index in [9.17, 15) is 4.79 Å². The van der Waals surface area contributed by atoms with E-state index >= 15 is 0 Å². The molecule has 0 unspecified atom stereocenters. The highest BCUT2D eigenvalue weighted by Crippen LogP contribution is 2.27. The number of rotatable bonds is 3. The van der Waals surface area contributed by atoms with Gasteiger partial charge in [-0.15, -0.1) is 0 Å². The number of amides is 2. The van der Waals surface area contributed by atoms with Gasteiger partial charge < -0.3 is 20.3 Å². The Morgan fingerprint density at radius 1 is 1.40 bits per heavy atom. The van der Waals surface area contributed by atoms with Crippen molar-refractivity contribution in [1.82, 2.24) is 9.80 Å². The van der Waals surface area contributed by atoms with Crippen LogP contribution in [0.2, 0.25) is 0 Å². The molecule has 1 aliphatic heterocycles. The fourth-order valence-corrected chi connectivity index (χ4v) is 1.90. The number of nitrogens with two attached hydrogens (primary N) is 1. The zero-order valence-electron chi connectivity index (χ0n) is 9.02. The van der Waals surface area contributed by atoms with E-state index in [-0.39, 0.29) is 6.03 Å². The van der Waals surface area contributed by atoms with Gasteiger partial charge in [-0.2, -0.15) is 0 Å². The fraction of sp³-hybridized carbons (Fsp3) is 0.900. The number of ether oxygens (including phenoxy) is 1. The van der Waals surface area contributed by atoms with Crippen LogP contribution in [-0.2, 0) is 4.74 Å². The molecule has 5 nitrogen and oxygen atoms in total. The SMILES string of the molecule is NCCN(C(=O)N1CCOCC1)C1CC1. The Hall–Kier alpha value is -0.810. The Bertz CT molecular complexity index is 225. The zero-order chi connectivity index (χ0) is 10.7. The van der Waals surface area contributed by atoms with Gasteiger partial charge in [0.25, 0.3) is 0 Å². The minimum atomic E-state index is 0.145. The summed E-state index contributed by atoms with van der Waals surface area (Å²) in [6, 6.07) is 0.593. The van der Waals surface area contributed by atoms with Gasteiger partial charge in [0.15, 0.2) is 0 Å². The Morgan fingerprint density at radius 3 is 2.60 bits per heavy atom. The summed E-state index contributed by atoms with van der Waals surface area (Å²) in [7, 11) is 0. The molecule has 0 atom stereocenters. The van der Waals surface area contributed by atoms with Crippen molar-refractivity contribution in [3.63, 3.8) is 0 Å². The summed E-state index contributed by atoms with van der Waals surface area (Å²) in [5, 5.41) is 0. The molecular weight excluding hydrogens is 194 g/mol. The summed E-state index contributed by atoms with van der Waals surface area (Å²) in [4.78, 5) is 15.9. The summed E-state index contributed by atoms with van der Waals surface area (Å²) in [5.74, 6) is 0. The third kappa shape index (κ3) is 2.60. The van der Waals surface area contributed by atoms with Crippen molar-refractivity contribution in [2.75, 3.05) is 39.4 Å². The Kier molecular flexibility index (Phi) is 3.43. The van der Waals surface area contributed by atoms with Gasteiger partial charge in [0.2, 0.25) is 0 Å². The third-order valence-electron chi connectivity index (χ3n) is 2.88. The lowest BCUT2D eigenvalue weighted by Gasteiger charge is -2.32. The van der Waals surface area contributed by atoms with Gasteiger partial charge in [-0.25, -0.2) is 4.79 Å². The molecule has 0 spiro atoms. The van der Waals surface area contributed by atoms with Crippen LogP contribution in [0.5, 0.6) is 0 Å².